The van der Waals surface area contributed by atoms with Gasteiger partial charge in [-0.2, -0.15) is 0 Å². The van der Waals surface area contributed by atoms with Crippen LogP contribution in [0, 0.1) is 17.8 Å². The molecular weight excluding hydrogens is 168 g/mol. The second-order valence-corrected chi connectivity index (χ2v) is 5.26. The van der Waals surface area contributed by atoms with Gasteiger partial charge in [0.2, 0.25) is 0 Å². The van der Waals surface area contributed by atoms with Crippen LogP contribution in [0.25, 0.3) is 0 Å². The van der Waals surface area contributed by atoms with E-state index in [0.717, 1.165) is 17.8 Å². The minimum absolute atomic E-state index is 0.997. The van der Waals surface area contributed by atoms with Gasteiger partial charge in [0.1, 0.15) is 0 Å². The van der Waals surface area contributed by atoms with Crippen LogP contribution in [-0.4, -0.2) is 0 Å². The van der Waals surface area contributed by atoms with E-state index < -0.39 is 0 Å². The summed E-state index contributed by atoms with van der Waals surface area (Å²) in [6.45, 7) is 2.34. The van der Waals surface area contributed by atoms with E-state index in [4.69, 9.17) is 0 Å². The van der Waals surface area contributed by atoms with Crippen molar-refractivity contribution < 1.29 is 0 Å². The fraction of sp³-hybridized carbons (Fsp3) is 0.714. The molecular formula is C14H20. The quantitative estimate of drug-likeness (QED) is 0.612. The predicted octanol–water partition coefficient (Wildman–Crippen LogP) is 4.09. The van der Waals surface area contributed by atoms with Crippen LogP contribution in [0.15, 0.2) is 23.3 Å². The lowest BCUT2D eigenvalue weighted by molar-refractivity contribution is 0.337. The van der Waals surface area contributed by atoms with Crippen LogP contribution in [0.2, 0.25) is 0 Å². The lowest BCUT2D eigenvalue weighted by Gasteiger charge is -2.19. The number of rotatable bonds is 2. The van der Waals surface area contributed by atoms with E-state index in [2.05, 4.69) is 19.1 Å². The van der Waals surface area contributed by atoms with Crippen LogP contribution in [-0.2, 0) is 0 Å². The summed E-state index contributed by atoms with van der Waals surface area (Å²) in [6, 6.07) is 0. The molecule has 1 fully saturated rings. The van der Waals surface area contributed by atoms with Gasteiger partial charge in [-0.25, -0.2) is 0 Å². The molecule has 14 heavy (non-hydrogen) atoms. The van der Waals surface area contributed by atoms with Gasteiger partial charge in [0.25, 0.3) is 0 Å². The van der Waals surface area contributed by atoms with E-state index >= 15 is 0 Å². The van der Waals surface area contributed by atoms with Crippen molar-refractivity contribution in [3.8, 4) is 0 Å². The Kier molecular flexibility index (Phi) is 2.04. The molecule has 0 heterocycles. The maximum atomic E-state index is 2.40. The first-order valence-electron chi connectivity index (χ1n) is 6.28. The molecule has 0 nitrogen and oxygen atoms in total. The van der Waals surface area contributed by atoms with Gasteiger partial charge in [-0.1, -0.05) is 37.5 Å². The van der Waals surface area contributed by atoms with Crippen LogP contribution in [0.1, 0.15) is 45.4 Å². The third-order valence-electron chi connectivity index (χ3n) is 4.60. The Morgan fingerprint density at radius 3 is 3.14 bits per heavy atom. The van der Waals surface area contributed by atoms with E-state index in [1.54, 1.807) is 5.57 Å². The number of hydrogen-bond donors (Lipinski definition) is 0. The Morgan fingerprint density at radius 1 is 1.36 bits per heavy atom. The fourth-order valence-corrected chi connectivity index (χ4v) is 4.03. The van der Waals surface area contributed by atoms with Crippen molar-refractivity contribution in [2.75, 3.05) is 0 Å². The zero-order valence-electron chi connectivity index (χ0n) is 9.13. The molecule has 0 amide bonds. The first-order valence-corrected chi connectivity index (χ1v) is 6.28. The topological polar surface area (TPSA) is 0 Å². The van der Waals surface area contributed by atoms with Crippen molar-refractivity contribution in [3.05, 3.63) is 23.3 Å². The summed E-state index contributed by atoms with van der Waals surface area (Å²) in [5, 5.41) is 0. The van der Waals surface area contributed by atoms with Gasteiger partial charge >= 0.3 is 0 Å². The second-order valence-electron chi connectivity index (χ2n) is 5.26. The van der Waals surface area contributed by atoms with Crippen LogP contribution in [0.4, 0.5) is 0 Å². The lowest BCUT2D eigenvalue weighted by Crippen LogP contribution is -2.11. The van der Waals surface area contributed by atoms with Crippen molar-refractivity contribution in [2.45, 2.75) is 45.4 Å². The average Bonchev–Trinajstić information content (AvgIpc) is 2.78. The summed E-state index contributed by atoms with van der Waals surface area (Å²) in [5.74, 6) is 3.10. The van der Waals surface area contributed by atoms with Crippen molar-refractivity contribution in [1.82, 2.24) is 0 Å². The highest BCUT2D eigenvalue weighted by Crippen LogP contribution is 2.54. The highest BCUT2D eigenvalue weighted by Gasteiger charge is 2.42. The molecule has 0 saturated heterocycles. The molecule has 0 bridgehead atoms. The molecule has 0 spiro atoms. The first-order chi connectivity index (χ1) is 6.90. The van der Waals surface area contributed by atoms with Gasteiger partial charge < -0.3 is 0 Å². The average molecular weight is 188 g/mol. The summed E-state index contributed by atoms with van der Waals surface area (Å²) < 4.78 is 0. The Morgan fingerprint density at radius 2 is 2.29 bits per heavy atom. The third-order valence-corrected chi connectivity index (χ3v) is 4.60. The normalized spacial score (nSPS) is 39.4. The van der Waals surface area contributed by atoms with Crippen molar-refractivity contribution in [1.29, 1.82) is 0 Å². The summed E-state index contributed by atoms with van der Waals surface area (Å²) in [7, 11) is 0. The smallest absolute Gasteiger partial charge is 0.0127 e. The molecule has 0 aromatic heterocycles. The summed E-state index contributed by atoms with van der Waals surface area (Å²) in [4.78, 5) is 0. The van der Waals surface area contributed by atoms with Crippen molar-refractivity contribution in [2.24, 2.45) is 17.8 Å². The highest BCUT2D eigenvalue weighted by molar-refractivity contribution is 5.40. The zero-order valence-corrected chi connectivity index (χ0v) is 9.13. The van der Waals surface area contributed by atoms with E-state index in [0.29, 0.717) is 0 Å². The van der Waals surface area contributed by atoms with Gasteiger partial charge in [-0.3, -0.25) is 0 Å². The summed E-state index contributed by atoms with van der Waals surface area (Å²) in [6.07, 6.45) is 13.3. The number of hydrogen-bond acceptors (Lipinski definition) is 0. The zero-order chi connectivity index (χ0) is 9.54. The molecule has 0 radical (unpaired) electrons. The van der Waals surface area contributed by atoms with Gasteiger partial charge in [0, 0.05) is 0 Å². The van der Waals surface area contributed by atoms with Crippen LogP contribution < -0.4 is 0 Å². The standard InChI is InChI=1S/C14H20/c1-2-4-10-7-8-13-12-6-3-5-11(12)9-14(10)13/h3,5,10,13-14H,2,4,6-9H2,1H3. The van der Waals surface area contributed by atoms with E-state index in [9.17, 15) is 0 Å². The van der Waals surface area contributed by atoms with Crippen molar-refractivity contribution >= 4 is 0 Å². The van der Waals surface area contributed by atoms with Gasteiger partial charge in [-0.15, -0.1) is 0 Å². The summed E-state index contributed by atoms with van der Waals surface area (Å²) >= 11 is 0. The first kappa shape index (κ1) is 8.76. The largest absolute Gasteiger partial charge is 0.0802 e. The van der Waals surface area contributed by atoms with E-state index in [1.165, 1.54) is 38.5 Å². The summed E-state index contributed by atoms with van der Waals surface area (Å²) in [5.41, 5.74) is 3.55. The molecule has 3 aliphatic carbocycles. The third kappa shape index (κ3) is 1.12. The van der Waals surface area contributed by atoms with Crippen LogP contribution in [0.3, 0.4) is 0 Å². The van der Waals surface area contributed by atoms with E-state index in [1.807, 2.05) is 5.57 Å². The molecule has 3 unspecified atom stereocenters. The number of allylic oxidation sites excluding steroid dienone is 4. The van der Waals surface area contributed by atoms with Crippen LogP contribution in [0.5, 0.6) is 0 Å². The molecule has 0 aromatic rings. The van der Waals surface area contributed by atoms with Crippen LogP contribution >= 0.6 is 0 Å². The van der Waals surface area contributed by atoms with Crippen molar-refractivity contribution in [3.63, 3.8) is 0 Å². The van der Waals surface area contributed by atoms with Gasteiger partial charge in [-0.05, 0) is 49.0 Å². The number of fused-ring (bicyclic) bond motifs is 2. The predicted molar refractivity (Wildman–Crippen MR) is 60.0 cm³/mol. The maximum absolute atomic E-state index is 2.40. The lowest BCUT2D eigenvalue weighted by atomic mass is 9.85. The van der Waals surface area contributed by atoms with Gasteiger partial charge in [0.05, 0.1) is 0 Å². The minimum Gasteiger partial charge on any atom is -0.0802 e. The molecule has 0 aromatic carbocycles. The van der Waals surface area contributed by atoms with Gasteiger partial charge in [0.15, 0.2) is 0 Å². The molecule has 76 valence electrons. The maximum Gasteiger partial charge on any atom is -0.0127 e. The molecule has 3 atom stereocenters. The molecule has 0 N–H and O–H groups in total. The molecule has 0 aliphatic heterocycles. The molecule has 0 heteroatoms. The Hall–Kier alpha value is -0.520. The monoisotopic (exact) mass is 188 g/mol. The molecule has 1 saturated carbocycles. The second kappa shape index (κ2) is 3.25. The SMILES string of the molecule is CCCC1CCC2C3=C(C=CC3)CC12. The Bertz CT molecular complexity index is 295. The fourth-order valence-electron chi connectivity index (χ4n) is 4.03. The molecule has 3 rings (SSSR count). The molecule has 3 aliphatic rings. The Balaban J connectivity index is 1.78. The van der Waals surface area contributed by atoms with E-state index in [-0.39, 0.29) is 0 Å². The highest BCUT2D eigenvalue weighted by atomic mass is 14.5. The minimum atomic E-state index is 0.997. The Labute approximate surface area is 87.1 Å².